The van der Waals surface area contributed by atoms with E-state index in [1.54, 1.807) is 6.07 Å². The second kappa shape index (κ2) is 6.88. The van der Waals surface area contributed by atoms with Crippen LogP contribution in [0.5, 0.6) is 5.88 Å². The number of aryl methyl sites for hydroxylation is 1. The van der Waals surface area contributed by atoms with Crippen molar-refractivity contribution in [2.45, 2.75) is 59.0 Å². The summed E-state index contributed by atoms with van der Waals surface area (Å²) >= 11 is 0. The van der Waals surface area contributed by atoms with Crippen molar-refractivity contribution in [1.29, 1.82) is 0 Å². The Balaban J connectivity index is 2.06. The normalized spacial score (nSPS) is 26.3. The third kappa shape index (κ3) is 3.82. The molecule has 1 aliphatic rings. The number of nitrogens with one attached hydrogen (secondary N) is 1. The van der Waals surface area contributed by atoms with Crippen molar-refractivity contribution in [2.75, 3.05) is 5.43 Å². The van der Waals surface area contributed by atoms with Crippen molar-refractivity contribution in [3.05, 3.63) is 11.9 Å². The summed E-state index contributed by atoms with van der Waals surface area (Å²) in [7, 11) is 0. The maximum Gasteiger partial charge on any atom is 0.219 e. The molecule has 5 heteroatoms. The molecular formula is C15H26N4O. The summed E-state index contributed by atoms with van der Waals surface area (Å²) < 4.78 is 6.06. The minimum atomic E-state index is 0.260. The van der Waals surface area contributed by atoms with E-state index in [2.05, 4.69) is 36.2 Å². The number of rotatable bonds is 5. The van der Waals surface area contributed by atoms with Crippen LogP contribution in [0.3, 0.4) is 0 Å². The van der Waals surface area contributed by atoms with Crippen LogP contribution in [-0.4, -0.2) is 16.1 Å². The summed E-state index contributed by atoms with van der Waals surface area (Å²) in [5, 5.41) is 0. The van der Waals surface area contributed by atoms with Crippen LogP contribution in [0.1, 0.15) is 52.3 Å². The van der Waals surface area contributed by atoms with Crippen molar-refractivity contribution in [2.24, 2.45) is 17.7 Å². The maximum absolute atomic E-state index is 6.06. The lowest BCUT2D eigenvalue weighted by Gasteiger charge is -2.32. The summed E-state index contributed by atoms with van der Waals surface area (Å²) in [5.74, 6) is 9.01. The molecule has 1 saturated carbocycles. The summed E-state index contributed by atoms with van der Waals surface area (Å²) in [5.41, 5.74) is 2.59. The van der Waals surface area contributed by atoms with E-state index in [0.717, 1.165) is 37.4 Å². The van der Waals surface area contributed by atoms with E-state index in [1.165, 1.54) is 6.42 Å². The molecule has 3 atom stereocenters. The lowest BCUT2D eigenvalue weighted by atomic mass is 9.80. The minimum Gasteiger partial charge on any atom is -0.474 e. The molecule has 0 saturated heterocycles. The molecule has 0 bridgehead atoms. The average molecular weight is 278 g/mol. The number of nitrogens with zero attached hydrogens (tertiary/aromatic N) is 2. The molecule has 112 valence electrons. The third-order valence-electron chi connectivity index (χ3n) is 4.21. The molecule has 1 aliphatic carbocycles. The van der Waals surface area contributed by atoms with Crippen LogP contribution in [-0.2, 0) is 6.42 Å². The Morgan fingerprint density at radius 3 is 2.75 bits per heavy atom. The van der Waals surface area contributed by atoms with E-state index in [4.69, 9.17) is 10.6 Å². The molecule has 1 aromatic rings. The number of hydrazine groups is 1. The van der Waals surface area contributed by atoms with Crippen LogP contribution in [0.2, 0.25) is 0 Å². The SMILES string of the molecule is CCCc1nc(NN)cc(OC2CCC(C)C(C)C2)n1. The second-order valence-electron chi connectivity index (χ2n) is 5.91. The quantitative estimate of drug-likeness (QED) is 0.640. The lowest BCUT2D eigenvalue weighted by Crippen LogP contribution is -2.29. The van der Waals surface area contributed by atoms with Crippen LogP contribution in [0.25, 0.3) is 0 Å². The molecule has 3 unspecified atom stereocenters. The summed E-state index contributed by atoms with van der Waals surface area (Å²) in [6.45, 7) is 6.73. The zero-order valence-corrected chi connectivity index (χ0v) is 12.7. The lowest BCUT2D eigenvalue weighted by molar-refractivity contribution is 0.0961. The van der Waals surface area contributed by atoms with Crippen LogP contribution in [0, 0.1) is 11.8 Å². The van der Waals surface area contributed by atoms with E-state index < -0.39 is 0 Å². The Labute approximate surface area is 121 Å². The Kier molecular flexibility index (Phi) is 5.17. The largest absolute Gasteiger partial charge is 0.474 e. The maximum atomic E-state index is 6.06. The number of nitrogen functional groups attached to an aromatic ring is 1. The highest BCUT2D eigenvalue weighted by Gasteiger charge is 2.26. The van der Waals surface area contributed by atoms with Gasteiger partial charge in [0.15, 0.2) is 0 Å². The number of ether oxygens (including phenoxy) is 1. The second-order valence-corrected chi connectivity index (χ2v) is 5.91. The standard InChI is InChI=1S/C15H26N4O/c1-4-5-13-17-14(19-16)9-15(18-13)20-12-7-6-10(2)11(3)8-12/h9-12H,4-8,16H2,1-3H3,(H,17,18,19). The molecule has 2 rings (SSSR count). The van der Waals surface area contributed by atoms with Gasteiger partial charge in [0.05, 0.1) is 0 Å². The molecular weight excluding hydrogens is 252 g/mol. The highest BCUT2D eigenvalue weighted by atomic mass is 16.5. The van der Waals surface area contributed by atoms with Crippen molar-refractivity contribution < 1.29 is 4.74 Å². The molecule has 0 amide bonds. The topological polar surface area (TPSA) is 73.1 Å². The molecule has 0 radical (unpaired) electrons. The number of hydrogen-bond donors (Lipinski definition) is 2. The molecule has 20 heavy (non-hydrogen) atoms. The number of nitrogens with two attached hydrogens (primary N) is 1. The molecule has 0 spiro atoms. The predicted molar refractivity (Wildman–Crippen MR) is 80.4 cm³/mol. The highest BCUT2D eigenvalue weighted by molar-refractivity contribution is 5.37. The number of aromatic nitrogens is 2. The third-order valence-corrected chi connectivity index (χ3v) is 4.21. The molecule has 0 aromatic carbocycles. The Morgan fingerprint density at radius 2 is 2.10 bits per heavy atom. The zero-order chi connectivity index (χ0) is 14.5. The Hall–Kier alpha value is -1.36. The van der Waals surface area contributed by atoms with Crippen molar-refractivity contribution in [3.8, 4) is 5.88 Å². The van der Waals surface area contributed by atoms with Crippen molar-refractivity contribution >= 4 is 5.82 Å². The van der Waals surface area contributed by atoms with Gasteiger partial charge in [-0.1, -0.05) is 20.8 Å². The van der Waals surface area contributed by atoms with Crippen LogP contribution in [0.15, 0.2) is 6.07 Å². The molecule has 1 fully saturated rings. The smallest absolute Gasteiger partial charge is 0.219 e. The van der Waals surface area contributed by atoms with Crippen LogP contribution >= 0.6 is 0 Å². The van der Waals surface area contributed by atoms with Crippen LogP contribution in [0.4, 0.5) is 5.82 Å². The van der Waals surface area contributed by atoms with Gasteiger partial charge in [0, 0.05) is 12.5 Å². The van der Waals surface area contributed by atoms with Gasteiger partial charge in [0.25, 0.3) is 0 Å². The Morgan fingerprint density at radius 1 is 1.30 bits per heavy atom. The fourth-order valence-electron chi connectivity index (χ4n) is 2.72. The van der Waals surface area contributed by atoms with E-state index in [1.807, 2.05) is 0 Å². The first kappa shape index (κ1) is 15.0. The fraction of sp³-hybridized carbons (Fsp3) is 0.733. The number of anilines is 1. The molecule has 3 N–H and O–H groups in total. The summed E-state index contributed by atoms with van der Waals surface area (Å²) in [6, 6.07) is 1.78. The minimum absolute atomic E-state index is 0.260. The molecule has 5 nitrogen and oxygen atoms in total. The molecule has 1 aromatic heterocycles. The van der Waals surface area contributed by atoms with Crippen LogP contribution < -0.4 is 16.0 Å². The van der Waals surface area contributed by atoms with E-state index in [0.29, 0.717) is 17.6 Å². The average Bonchev–Trinajstić information content (AvgIpc) is 2.43. The first-order valence-corrected chi connectivity index (χ1v) is 7.63. The first-order valence-electron chi connectivity index (χ1n) is 7.63. The number of hydrogen-bond acceptors (Lipinski definition) is 5. The molecule has 0 aliphatic heterocycles. The summed E-state index contributed by atoms with van der Waals surface area (Å²) in [6.07, 6.45) is 5.52. The molecule has 1 heterocycles. The van der Waals surface area contributed by atoms with Gasteiger partial charge in [-0.25, -0.2) is 10.8 Å². The first-order chi connectivity index (χ1) is 9.62. The zero-order valence-electron chi connectivity index (χ0n) is 12.7. The van der Waals surface area contributed by atoms with Gasteiger partial charge in [0.2, 0.25) is 5.88 Å². The van der Waals surface area contributed by atoms with Gasteiger partial charge in [-0.2, -0.15) is 4.98 Å². The van der Waals surface area contributed by atoms with Gasteiger partial charge in [-0.15, -0.1) is 0 Å². The Bertz CT molecular complexity index is 438. The van der Waals surface area contributed by atoms with Crippen molar-refractivity contribution in [3.63, 3.8) is 0 Å². The summed E-state index contributed by atoms with van der Waals surface area (Å²) in [4.78, 5) is 8.81. The van der Waals surface area contributed by atoms with E-state index >= 15 is 0 Å². The van der Waals surface area contributed by atoms with Gasteiger partial charge >= 0.3 is 0 Å². The van der Waals surface area contributed by atoms with Gasteiger partial charge in [-0.3, -0.25) is 0 Å². The van der Waals surface area contributed by atoms with E-state index in [-0.39, 0.29) is 6.10 Å². The fourth-order valence-corrected chi connectivity index (χ4v) is 2.72. The van der Waals surface area contributed by atoms with Gasteiger partial charge in [-0.05, 0) is 37.5 Å². The van der Waals surface area contributed by atoms with Gasteiger partial charge < -0.3 is 10.2 Å². The highest BCUT2D eigenvalue weighted by Crippen LogP contribution is 2.31. The monoisotopic (exact) mass is 278 g/mol. The van der Waals surface area contributed by atoms with E-state index in [9.17, 15) is 0 Å². The van der Waals surface area contributed by atoms with Crippen molar-refractivity contribution in [1.82, 2.24) is 9.97 Å². The predicted octanol–water partition coefficient (Wildman–Crippen LogP) is 2.92. The van der Waals surface area contributed by atoms with Gasteiger partial charge in [0.1, 0.15) is 17.7 Å².